The molecule has 0 radical (unpaired) electrons. The number of methoxy groups -OCH3 is 6. The molecule has 0 bridgehead atoms. The molecular weight excluding hydrogens is 508 g/mol. The van der Waals surface area contributed by atoms with E-state index in [1.807, 2.05) is 0 Å². The molecule has 2 aromatic carbocycles. The SMILES string of the molecule is COc1cc(OC)c(OC)cc1C=NNC(=O)CCCCCC(=O)NN=Cc1cc(OC)c(OC)cc1OC. The van der Waals surface area contributed by atoms with E-state index in [1.54, 1.807) is 24.3 Å². The minimum Gasteiger partial charge on any atom is -0.496 e. The van der Waals surface area contributed by atoms with Gasteiger partial charge in [0.05, 0.1) is 55.1 Å². The number of carbonyl (C=O) groups is 2. The van der Waals surface area contributed by atoms with Gasteiger partial charge in [0.25, 0.3) is 0 Å². The summed E-state index contributed by atoms with van der Waals surface area (Å²) in [6.45, 7) is 0. The summed E-state index contributed by atoms with van der Waals surface area (Å²) in [7, 11) is 9.18. The lowest BCUT2D eigenvalue weighted by atomic mass is 10.1. The second-order valence-corrected chi connectivity index (χ2v) is 8.05. The number of ether oxygens (including phenoxy) is 6. The Bertz CT molecular complexity index is 1080. The minimum atomic E-state index is -0.233. The molecule has 0 saturated carbocycles. The van der Waals surface area contributed by atoms with Crippen LogP contribution < -0.4 is 39.3 Å². The van der Waals surface area contributed by atoms with Crippen molar-refractivity contribution in [3.05, 3.63) is 35.4 Å². The largest absolute Gasteiger partial charge is 0.496 e. The number of amides is 2. The summed E-state index contributed by atoms with van der Waals surface area (Å²) in [5.41, 5.74) is 6.23. The molecule has 0 aromatic heterocycles. The van der Waals surface area contributed by atoms with Gasteiger partial charge in [-0.3, -0.25) is 9.59 Å². The third kappa shape index (κ3) is 9.40. The van der Waals surface area contributed by atoms with Crippen molar-refractivity contribution in [2.24, 2.45) is 10.2 Å². The van der Waals surface area contributed by atoms with E-state index in [9.17, 15) is 9.59 Å². The van der Waals surface area contributed by atoms with Crippen LogP contribution in [0.2, 0.25) is 0 Å². The Kier molecular flexibility index (Phi) is 12.9. The van der Waals surface area contributed by atoms with Gasteiger partial charge in [-0.2, -0.15) is 10.2 Å². The van der Waals surface area contributed by atoms with Crippen LogP contribution in [0.3, 0.4) is 0 Å². The average Bonchev–Trinajstić information content (AvgIpc) is 2.96. The van der Waals surface area contributed by atoms with E-state index in [-0.39, 0.29) is 24.7 Å². The molecular formula is C27H36N4O8. The number of nitrogens with zero attached hydrogens (tertiary/aromatic N) is 2. The van der Waals surface area contributed by atoms with Crippen molar-refractivity contribution in [1.82, 2.24) is 10.9 Å². The fourth-order valence-electron chi connectivity index (χ4n) is 3.51. The highest BCUT2D eigenvalue weighted by Crippen LogP contribution is 2.34. The van der Waals surface area contributed by atoms with E-state index in [4.69, 9.17) is 28.4 Å². The molecule has 2 N–H and O–H groups in total. The molecule has 0 heterocycles. The van der Waals surface area contributed by atoms with E-state index < -0.39 is 0 Å². The first-order chi connectivity index (χ1) is 18.9. The van der Waals surface area contributed by atoms with Crippen LogP contribution in [0.1, 0.15) is 43.2 Å². The maximum Gasteiger partial charge on any atom is 0.240 e. The van der Waals surface area contributed by atoms with Crippen molar-refractivity contribution in [3.8, 4) is 34.5 Å². The molecule has 0 atom stereocenters. The standard InChI is InChI=1S/C27H36N4O8/c1-34-20-14-24(38-5)22(36-3)12-18(20)16-28-30-26(32)10-8-7-9-11-27(33)31-29-17-19-13-23(37-4)25(39-6)15-21(19)35-2/h12-17H,7-11H2,1-6H3,(H,30,32)(H,31,33). The molecule has 0 aliphatic carbocycles. The van der Waals surface area contributed by atoms with Crippen LogP contribution in [-0.4, -0.2) is 66.9 Å². The van der Waals surface area contributed by atoms with Crippen molar-refractivity contribution in [2.75, 3.05) is 42.7 Å². The lowest BCUT2D eigenvalue weighted by molar-refractivity contribution is -0.121. The molecule has 2 amide bonds. The maximum atomic E-state index is 12.1. The molecule has 12 heteroatoms. The Hall–Kier alpha value is -4.48. The Labute approximate surface area is 228 Å². The molecule has 0 spiro atoms. The van der Waals surface area contributed by atoms with Gasteiger partial charge in [0.15, 0.2) is 23.0 Å². The summed E-state index contributed by atoms with van der Waals surface area (Å²) >= 11 is 0. The van der Waals surface area contributed by atoms with E-state index in [2.05, 4.69) is 21.1 Å². The topological polar surface area (TPSA) is 138 Å². The zero-order chi connectivity index (χ0) is 28.6. The normalized spacial score (nSPS) is 10.8. The van der Waals surface area contributed by atoms with Crippen LogP contribution >= 0.6 is 0 Å². The Balaban J connectivity index is 1.73. The van der Waals surface area contributed by atoms with Gasteiger partial charge < -0.3 is 28.4 Å². The van der Waals surface area contributed by atoms with Crippen LogP contribution in [0.5, 0.6) is 34.5 Å². The lowest BCUT2D eigenvalue weighted by Crippen LogP contribution is -2.18. The third-order valence-electron chi connectivity index (χ3n) is 5.57. The number of carbonyl (C=O) groups excluding carboxylic acids is 2. The molecule has 212 valence electrons. The van der Waals surface area contributed by atoms with Crippen LogP contribution in [0.25, 0.3) is 0 Å². The van der Waals surface area contributed by atoms with E-state index in [0.717, 1.165) is 0 Å². The van der Waals surface area contributed by atoms with Crippen LogP contribution in [0.15, 0.2) is 34.5 Å². The van der Waals surface area contributed by atoms with Crippen molar-refractivity contribution in [2.45, 2.75) is 32.1 Å². The Morgan fingerprint density at radius 1 is 0.564 bits per heavy atom. The summed E-state index contributed by atoms with van der Waals surface area (Å²) in [4.78, 5) is 24.2. The highest BCUT2D eigenvalue weighted by Gasteiger charge is 2.12. The molecule has 2 rings (SSSR count). The van der Waals surface area contributed by atoms with Crippen molar-refractivity contribution in [3.63, 3.8) is 0 Å². The number of nitrogens with one attached hydrogen (secondary N) is 2. The summed E-state index contributed by atoms with van der Waals surface area (Å²) in [6.07, 6.45) is 5.42. The monoisotopic (exact) mass is 544 g/mol. The number of hydrazone groups is 2. The number of hydrogen-bond donors (Lipinski definition) is 2. The molecule has 0 fully saturated rings. The maximum absolute atomic E-state index is 12.1. The molecule has 39 heavy (non-hydrogen) atoms. The van der Waals surface area contributed by atoms with Gasteiger partial charge in [-0.1, -0.05) is 6.42 Å². The Morgan fingerprint density at radius 2 is 0.897 bits per heavy atom. The van der Waals surface area contributed by atoms with E-state index in [1.165, 1.54) is 55.1 Å². The predicted octanol–water partition coefficient (Wildman–Crippen LogP) is 3.29. The molecule has 12 nitrogen and oxygen atoms in total. The number of rotatable bonds is 16. The zero-order valence-electron chi connectivity index (χ0n) is 23.2. The summed E-state index contributed by atoms with van der Waals surface area (Å²) < 4.78 is 31.7. The zero-order valence-corrected chi connectivity index (χ0v) is 23.2. The number of benzene rings is 2. The number of hydrogen-bond acceptors (Lipinski definition) is 10. The quantitative estimate of drug-likeness (QED) is 0.187. The van der Waals surface area contributed by atoms with Gasteiger partial charge in [0.2, 0.25) is 11.8 Å². The fourth-order valence-corrected chi connectivity index (χ4v) is 3.51. The van der Waals surface area contributed by atoms with Gasteiger partial charge in [-0.05, 0) is 25.0 Å². The molecule has 0 unspecified atom stereocenters. The molecule has 0 aliphatic rings. The third-order valence-corrected chi connectivity index (χ3v) is 5.57. The van der Waals surface area contributed by atoms with Crippen LogP contribution in [0.4, 0.5) is 0 Å². The summed E-state index contributed by atoms with van der Waals surface area (Å²) in [5.74, 6) is 2.66. The molecule has 0 aliphatic heterocycles. The van der Waals surface area contributed by atoms with Gasteiger partial charge in [-0.15, -0.1) is 0 Å². The average molecular weight is 545 g/mol. The van der Waals surface area contributed by atoms with Crippen LogP contribution in [-0.2, 0) is 9.59 Å². The smallest absolute Gasteiger partial charge is 0.240 e. The fraction of sp³-hybridized carbons (Fsp3) is 0.407. The van der Waals surface area contributed by atoms with E-state index in [0.29, 0.717) is 64.9 Å². The summed E-state index contributed by atoms with van der Waals surface area (Å²) in [6, 6.07) is 6.76. The van der Waals surface area contributed by atoms with Crippen LogP contribution in [0, 0.1) is 0 Å². The van der Waals surface area contributed by atoms with E-state index >= 15 is 0 Å². The first kappa shape index (κ1) is 30.7. The highest BCUT2D eigenvalue weighted by atomic mass is 16.5. The first-order valence-electron chi connectivity index (χ1n) is 12.1. The lowest BCUT2D eigenvalue weighted by Gasteiger charge is -2.11. The van der Waals surface area contributed by atoms with Gasteiger partial charge in [0.1, 0.15) is 11.5 Å². The second-order valence-electron chi connectivity index (χ2n) is 8.05. The minimum absolute atomic E-state index is 0.233. The second kappa shape index (κ2) is 16.4. The van der Waals surface area contributed by atoms with Crippen molar-refractivity contribution >= 4 is 24.2 Å². The summed E-state index contributed by atoms with van der Waals surface area (Å²) in [5, 5.41) is 7.99. The van der Waals surface area contributed by atoms with Gasteiger partial charge in [0, 0.05) is 36.1 Å². The van der Waals surface area contributed by atoms with Gasteiger partial charge >= 0.3 is 0 Å². The highest BCUT2D eigenvalue weighted by molar-refractivity contribution is 5.87. The molecule has 0 saturated heterocycles. The van der Waals surface area contributed by atoms with Crippen molar-refractivity contribution in [1.29, 1.82) is 0 Å². The molecule has 2 aromatic rings. The Morgan fingerprint density at radius 3 is 1.23 bits per heavy atom. The van der Waals surface area contributed by atoms with Crippen molar-refractivity contribution < 1.29 is 38.0 Å². The number of unbranched alkanes of at least 4 members (excludes halogenated alkanes) is 2. The first-order valence-corrected chi connectivity index (χ1v) is 12.1. The van der Waals surface area contributed by atoms with Gasteiger partial charge in [-0.25, -0.2) is 10.9 Å². The predicted molar refractivity (Wildman–Crippen MR) is 147 cm³/mol.